The molecule has 82 valence electrons. The molecule has 0 radical (unpaired) electrons. The van der Waals surface area contributed by atoms with Crippen LogP contribution in [0.4, 0.5) is 0 Å². The summed E-state index contributed by atoms with van der Waals surface area (Å²) in [5.74, 6) is 0.518. The van der Waals surface area contributed by atoms with Crippen LogP contribution < -0.4 is 5.32 Å². The molecule has 0 bridgehead atoms. The minimum atomic E-state index is 0.518. The van der Waals surface area contributed by atoms with E-state index in [9.17, 15) is 0 Å². The topological polar surface area (TPSA) is 47.0 Å². The maximum absolute atomic E-state index is 5.49. The molecule has 2 rings (SSSR count). The fourth-order valence-corrected chi connectivity index (χ4v) is 1.71. The number of aryl methyl sites for hydroxylation is 1. The summed E-state index contributed by atoms with van der Waals surface area (Å²) >= 11 is 0. The van der Waals surface area contributed by atoms with Crippen molar-refractivity contribution in [2.24, 2.45) is 5.92 Å². The normalized spacial score (nSPS) is 22.3. The second kappa shape index (κ2) is 5.19. The summed E-state index contributed by atoms with van der Waals surface area (Å²) in [6.45, 7) is 5.55. The molecule has 0 unspecified atom stereocenters. The number of ether oxygens (including phenoxy) is 1. The van der Waals surface area contributed by atoms with Gasteiger partial charge in [-0.25, -0.2) is 0 Å². The van der Waals surface area contributed by atoms with Gasteiger partial charge in [0.15, 0.2) is 0 Å². The predicted octanol–water partition coefficient (Wildman–Crippen LogP) is 0.564. The summed E-state index contributed by atoms with van der Waals surface area (Å²) in [5.41, 5.74) is 2.02. The molecule has 0 aromatic carbocycles. The molecule has 1 fully saturated rings. The van der Waals surface area contributed by atoms with Gasteiger partial charge in [0.2, 0.25) is 0 Å². The van der Waals surface area contributed by atoms with Crippen LogP contribution in [0, 0.1) is 12.8 Å². The average Bonchev–Trinajstić information content (AvgIpc) is 2.50. The Morgan fingerprint density at radius 1 is 1.47 bits per heavy atom. The van der Waals surface area contributed by atoms with Gasteiger partial charge >= 0.3 is 0 Å². The molecular formula is C11H17N3O. The molecule has 2 heterocycles. The molecule has 1 saturated heterocycles. The highest BCUT2D eigenvalue weighted by atomic mass is 16.5. The number of nitrogens with one attached hydrogen (secondary N) is 1. The summed E-state index contributed by atoms with van der Waals surface area (Å²) in [6.07, 6.45) is 4.63. The quantitative estimate of drug-likeness (QED) is 0.770. The maximum Gasteiger partial charge on any atom is 0.0591 e. The second-order valence-electron chi connectivity index (χ2n) is 4.00. The molecule has 1 aromatic heterocycles. The Bertz CT molecular complexity index is 291. The molecule has 4 nitrogen and oxygen atoms in total. The monoisotopic (exact) mass is 207 g/mol. The van der Waals surface area contributed by atoms with E-state index in [2.05, 4.69) is 15.3 Å². The summed E-state index contributed by atoms with van der Waals surface area (Å²) in [7, 11) is 0. The van der Waals surface area contributed by atoms with Crippen molar-refractivity contribution in [2.45, 2.75) is 13.3 Å². The Morgan fingerprint density at radius 2 is 2.40 bits per heavy atom. The average molecular weight is 207 g/mol. The van der Waals surface area contributed by atoms with Gasteiger partial charge in [-0.1, -0.05) is 0 Å². The zero-order valence-corrected chi connectivity index (χ0v) is 9.07. The highest BCUT2D eigenvalue weighted by molar-refractivity contribution is 5.01. The molecule has 1 N–H and O–H groups in total. The molecule has 15 heavy (non-hydrogen) atoms. The van der Waals surface area contributed by atoms with Crippen LogP contribution in [0.3, 0.4) is 0 Å². The van der Waals surface area contributed by atoms with Gasteiger partial charge in [-0.3, -0.25) is 9.97 Å². The molecule has 1 aromatic rings. The SMILES string of the molecule is Cc1cnc(C[C@H]2CNCCOC2)cn1. The number of hydrogen-bond acceptors (Lipinski definition) is 4. The third kappa shape index (κ3) is 3.25. The van der Waals surface area contributed by atoms with E-state index >= 15 is 0 Å². The van der Waals surface area contributed by atoms with Gasteiger partial charge in [0.25, 0.3) is 0 Å². The number of hydrogen-bond donors (Lipinski definition) is 1. The summed E-state index contributed by atoms with van der Waals surface area (Å²) in [6, 6.07) is 0. The molecule has 0 amide bonds. The van der Waals surface area contributed by atoms with E-state index in [1.165, 1.54) is 0 Å². The van der Waals surface area contributed by atoms with Crippen molar-refractivity contribution in [1.82, 2.24) is 15.3 Å². The zero-order chi connectivity index (χ0) is 10.5. The minimum absolute atomic E-state index is 0.518. The Balaban J connectivity index is 1.92. The predicted molar refractivity (Wildman–Crippen MR) is 57.7 cm³/mol. The lowest BCUT2D eigenvalue weighted by Gasteiger charge is -2.12. The van der Waals surface area contributed by atoms with Crippen molar-refractivity contribution in [3.63, 3.8) is 0 Å². The zero-order valence-electron chi connectivity index (χ0n) is 9.07. The van der Waals surface area contributed by atoms with Gasteiger partial charge in [-0.2, -0.15) is 0 Å². The van der Waals surface area contributed by atoms with E-state index in [1.54, 1.807) is 0 Å². The Kier molecular flexibility index (Phi) is 3.64. The number of rotatable bonds is 2. The lowest BCUT2D eigenvalue weighted by molar-refractivity contribution is 0.123. The van der Waals surface area contributed by atoms with E-state index in [0.717, 1.165) is 44.1 Å². The first kappa shape index (κ1) is 10.5. The van der Waals surface area contributed by atoms with Crippen LogP contribution in [0.15, 0.2) is 12.4 Å². The van der Waals surface area contributed by atoms with E-state index in [0.29, 0.717) is 5.92 Å². The Morgan fingerprint density at radius 3 is 3.20 bits per heavy atom. The molecule has 0 spiro atoms. The fourth-order valence-electron chi connectivity index (χ4n) is 1.71. The van der Waals surface area contributed by atoms with Crippen molar-refractivity contribution < 1.29 is 4.74 Å². The first-order valence-electron chi connectivity index (χ1n) is 5.40. The van der Waals surface area contributed by atoms with E-state index < -0.39 is 0 Å². The van der Waals surface area contributed by atoms with Crippen LogP contribution in [0.25, 0.3) is 0 Å². The van der Waals surface area contributed by atoms with Crippen molar-refractivity contribution in [2.75, 3.05) is 26.3 Å². The van der Waals surface area contributed by atoms with Crippen LogP contribution in [0.1, 0.15) is 11.4 Å². The summed E-state index contributed by atoms with van der Waals surface area (Å²) in [4.78, 5) is 8.60. The van der Waals surface area contributed by atoms with Crippen LogP contribution in [-0.4, -0.2) is 36.3 Å². The molecule has 1 aliphatic heterocycles. The van der Waals surface area contributed by atoms with Crippen molar-refractivity contribution >= 4 is 0 Å². The van der Waals surface area contributed by atoms with E-state index in [4.69, 9.17) is 4.74 Å². The Hall–Kier alpha value is -1.00. The smallest absolute Gasteiger partial charge is 0.0591 e. The summed E-state index contributed by atoms with van der Waals surface area (Å²) in [5, 5.41) is 3.36. The molecular weight excluding hydrogens is 190 g/mol. The van der Waals surface area contributed by atoms with Gasteiger partial charge in [0.05, 0.1) is 24.6 Å². The molecule has 0 saturated carbocycles. The largest absolute Gasteiger partial charge is 0.380 e. The number of nitrogens with zero attached hydrogens (tertiary/aromatic N) is 2. The van der Waals surface area contributed by atoms with Crippen LogP contribution in [0.2, 0.25) is 0 Å². The van der Waals surface area contributed by atoms with Gasteiger partial charge in [-0.15, -0.1) is 0 Å². The van der Waals surface area contributed by atoms with Gasteiger partial charge in [0.1, 0.15) is 0 Å². The van der Waals surface area contributed by atoms with E-state index in [1.807, 2.05) is 19.3 Å². The van der Waals surface area contributed by atoms with Crippen molar-refractivity contribution in [3.8, 4) is 0 Å². The first-order valence-corrected chi connectivity index (χ1v) is 5.40. The Labute approximate surface area is 90.1 Å². The second-order valence-corrected chi connectivity index (χ2v) is 4.00. The highest BCUT2D eigenvalue weighted by Gasteiger charge is 2.13. The standard InChI is InChI=1S/C11H17N3O/c1-9-5-14-11(7-13-9)4-10-6-12-2-3-15-8-10/h5,7,10,12H,2-4,6,8H2,1H3/t10-/m0/s1. The molecule has 4 heteroatoms. The molecule has 0 aliphatic carbocycles. The number of aromatic nitrogens is 2. The first-order chi connectivity index (χ1) is 7.34. The fraction of sp³-hybridized carbons (Fsp3) is 0.636. The highest BCUT2D eigenvalue weighted by Crippen LogP contribution is 2.07. The van der Waals surface area contributed by atoms with Crippen LogP contribution >= 0.6 is 0 Å². The van der Waals surface area contributed by atoms with E-state index in [-0.39, 0.29) is 0 Å². The lowest BCUT2D eigenvalue weighted by Crippen LogP contribution is -2.24. The maximum atomic E-state index is 5.49. The minimum Gasteiger partial charge on any atom is -0.380 e. The third-order valence-corrected chi connectivity index (χ3v) is 2.54. The van der Waals surface area contributed by atoms with Gasteiger partial charge in [0, 0.05) is 31.4 Å². The molecule has 1 atom stereocenters. The van der Waals surface area contributed by atoms with Gasteiger partial charge < -0.3 is 10.1 Å². The van der Waals surface area contributed by atoms with Crippen LogP contribution in [0.5, 0.6) is 0 Å². The van der Waals surface area contributed by atoms with Gasteiger partial charge in [-0.05, 0) is 13.3 Å². The molecule has 1 aliphatic rings. The van der Waals surface area contributed by atoms with Crippen molar-refractivity contribution in [3.05, 3.63) is 23.8 Å². The summed E-state index contributed by atoms with van der Waals surface area (Å²) < 4.78 is 5.49. The lowest BCUT2D eigenvalue weighted by atomic mass is 10.0. The van der Waals surface area contributed by atoms with Crippen LogP contribution in [-0.2, 0) is 11.2 Å². The van der Waals surface area contributed by atoms with Crippen molar-refractivity contribution in [1.29, 1.82) is 0 Å². The third-order valence-electron chi connectivity index (χ3n) is 2.54.